The monoisotopic (exact) mass is 390 g/mol. The minimum absolute atomic E-state index is 0.0850. The lowest BCUT2D eigenvalue weighted by atomic mass is 10.2. The van der Waals surface area contributed by atoms with Crippen molar-refractivity contribution >= 4 is 38.9 Å². The molecule has 0 unspecified atom stereocenters. The van der Waals surface area contributed by atoms with Gasteiger partial charge in [0.2, 0.25) is 10.0 Å². The molecule has 0 fully saturated rings. The summed E-state index contributed by atoms with van der Waals surface area (Å²) in [6, 6.07) is 12.4. The standard InChI is InChI=1S/C18H22N4O4S/c1-3-22(4-2)15-9-5-13(6-10-15)20-17(23)18(24)21-14-7-11-16(12-8-14)27(19,25)26/h5-12H,3-4H2,1-2H3,(H,20,23)(H,21,24)(H2,19,25,26). The molecule has 0 aliphatic heterocycles. The second-order valence-electron chi connectivity index (χ2n) is 5.70. The van der Waals surface area contributed by atoms with Crippen molar-refractivity contribution in [1.29, 1.82) is 0 Å². The van der Waals surface area contributed by atoms with Gasteiger partial charge in [0.15, 0.2) is 0 Å². The van der Waals surface area contributed by atoms with E-state index in [0.717, 1.165) is 18.8 Å². The van der Waals surface area contributed by atoms with E-state index in [1.165, 1.54) is 24.3 Å². The molecule has 8 nitrogen and oxygen atoms in total. The number of anilines is 3. The van der Waals surface area contributed by atoms with Gasteiger partial charge in [-0.2, -0.15) is 0 Å². The highest BCUT2D eigenvalue weighted by Crippen LogP contribution is 2.18. The highest BCUT2D eigenvalue weighted by Gasteiger charge is 2.15. The highest BCUT2D eigenvalue weighted by atomic mass is 32.2. The molecule has 2 amide bonds. The van der Waals surface area contributed by atoms with Gasteiger partial charge in [0.1, 0.15) is 0 Å². The van der Waals surface area contributed by atoms with Crippen LogP contribution in [0, 0.1) is 0 Å². The lowest BCUT2D eigenvalue weighted by Crippen LogP contribution is -2.29. The summed E-state index contributed by atoms with van der Waals surface area (Å²) < 4.78 is 22.4. The SMILES string of the molecule is CCN(CC)c1ccc(NC(=O)C(=O)Nc2ccc(S(N)(=O)=O)cc2)cc1. The van der Waals surface area contributed by atoms with Gasteiger partial charge in [0.05, 0.1) is 4.90 Å². The molecule has 9 heteroatoms. The molecule has 0 saturated carbocycles. The summed E-state index contributed by atoms with van der Waals surface area (Å²) in [6.07, 6.45) is 0. The topological polar surface area (TPSA) is 122 Å². The molecule has 2 aromatic carbocycles. The number of rotatable bonds is 6. The molecule has 0 spiro atoms. The third-order valence-electron chi connectivity index (χ3n) is 3.90. The number of nitrogens with one attached hydrogen (secondary N) is 2. The Morgan fingerprint density at radius 1 is 0.852 bits per heavy atom. The minimum atomic E-state index is -3.81. The molecule has 4 N–H and O–H groups in total. The normalized spacial score (nSPS) is 10.9. The fraction of sp³-hybridized carbons (Fsp3) is 0.222. The zero-order valence-electron chi connectivity index (χ0n) is 15.1. The number of hydrogen-bond donors (Lipinski definition) is 3. The average molecular weight is 390 g/mol. The second kappa shape index (κ2) is 8.65. The molecular formula is C18H22N4O4S. The van der Waals surface area contributed by atoms with Gasteiger partial charge >= 0.3 is 11.8 Å². The van der Waals surface area contributed by atoms with Crippen molar-refractivity contribution < 1.29 is 18.0 Å². The van der Waals surface area contributed by atoms with Crippen molar-refractivity contribution in [1.82, 2.24) is 0 Å². The Bertz CT molecular complexity index is 905. The van der Waals surface area contributed by atoms with Gasteiger partial charge in [-0.25, -0.2) is 13.6 Å². The Balaban J connectivity index is 1.98. The molecule has 0 atom stereocenters. The van der Waals surface area contributed by atoms with E-state index in [1.54, 1.807) is 12.1 Å². The molecule has 0 saturated heterocycles. The summed E-state index contributed by atoms with van der Waals surface area (Å²) in [7, 11) is -3.81. The zero-order valence-corrected chi connectivity index (χ0v) is 15.9. The maximum absolute atomic E-state index is 12.0. The molecule has 0 bridgehead atoms. The summed E-state index contributed by atoms with van der Waals surface area (Å²) in [4.78, 5) is 26.1. The largest absolute Gasteiger partial charge is 0.372 e. The van der Waals surface area contributed by atoms with E-state index in [4.69, 9.17) is 5.14 Å². The Kier molecular flexibility index (Phi) is 6.54. The quantitative estimate of drug-likeness (QED) is 0.649. The van der Waals surface area contributed by atoms with Crippen molar-refractivity contribution in [3.05, 3.63) is 48.5 Å². The van der Waals surface area contributed by atoms with Gasteiger partial charge in [0.25, 0.3) is 0 Å². The van der Waals surface area contributed by atoms with E-state index in [9.17, 15) is 18.0 Å². The van der Waals surface area contributed by atoms with Crippen molar-refractivity contribution in [2.75, 3.05) is 28.6 Å². The van der Waals surface area contributed by atoms with Crippen molar-refractivity contribution in [2.45, 2.75) is 18.7 Å². The molecular weight excluding hydrogens is 368 g/mol. The van der Waals surface area contributed by atoms with Crippen LogP contribution in [-0.2, 0) is 19.6 Å². The van der Waals surface area contributed by atoms with Crippen LogP contribution in [-0.4, -0.2) is 33.3 Å². The smallest absolute Gasteiger partial charge is 0.314 e. The lowest BCUT2D eigenvalue weighted by Gasteiger charge is -2.21. The number of benzene rings is 2. The van der Waals surface area contributed by atoms with Crippen LogP contribution in [0.5, 0.6) is 0 Å². The predicted molar refractivity (Wildman–Crippen MR) is 105 cm³/mol. The first-order chi connectivity index (χ1) is 12.7. The molecule has 2 aromatic rings. The number of primary sulfonamides is 1. The summed E-state index contributed by atoms with van der Waals surface area (Å²) >= 11 is 0. The van der Waals surface area contributed by atoms with Crippen LogP contribution in [0.3, 0.4) is 0 Å². The average Bonchev–Trinajstić information content (AvgIpc) is 2.63. The van der Waals surface area contributed by atoms with E-state index in [2.05, 4.69) is 29.4 Å². The molecule has 27 heavy (non-hydrogen) atoms. The van der Waals surface area contributed by atoms with Crippen LogP contribution in [0.25, 0.3) is 0 Å². The molecule has 0 heterocycles. The van der Waals surface area contributed by atoms with Crippen LogP contribution in [0.2, 0.25) is 0 Å². The first-order valence-electron chi connectivity index (χ1n) is 8.34. The summed E-state index contributed by atoms with van der Waals surface area (Å²) in [5.74, 6) is -1.70. The Morgan fingerprint density at radius 3 is 1.63 bits per heavy atom. The van der Waals surface area contributed by atoms with Crippen molar-refractivity contribution in [2.24, 2.45) is 5.14 Å². The maximum Gasteiger partial charge on any atom is 0.314 e. The number of nitrogens with two attached hydrogens (primary N) is 1. The lowest BCUT2D eigenvalue weighted by molar-refractivity contribution is -0.132. The molecule has 0 aliphatic rings. The number of hydrogen-bond acceptors (Lipinski definition) is 5. The third-order valence-corrected chi connectivity index (χ3v) is 4.83. The van der Waals surface area contributed by atoms with Crippen molar-refractivity contribution in [3.63, 3.8) is 0 Å². The van der Waals surface area contributed by atoms with E-state index in [-0.39, 0.29) is 10.6 Å². The van der Waals surface area contributed by atoms with E-state index < -0.39 is 21.8 Å². The molecule has 0 radical (unpaired) electrons. The number of nitrogens with zero attached hydrogens (tertiary/aromatic N) is 1. The summed E-state index contributed by atoms with van der Waals surface area (Å²) in [6.45, 7) is 5.85. The van der Waals surface area contributed by atoms with E-state index >= 15 is 0 Å². The number of carbonyl (C=O) groups excluding carboxylic acids is 2. The van der Waals surface area contributed by atoms with Crippen LogP contribution in [0.4, 0.5) is 17.1 Å². The fourth-order valence-corrected chi connectivity index (χ4v) is 2.96. The first kappa shape index (κ1) is 20.4. The van der Waals surface area contributed by atoms with E-state index in [1.807, 2.05) is 12.1 Å². The third kappa shape index (κ3) is 5.53. The van der Waals surface area contributed by atoms with Gasteiger partial charge in [-0.05, 0) is 62.4 Å². The van der Waals surface area contributed by atoms with Crippen LogP contribution in [0.15, 0.2) is 53.4 Å². The Hall–Kier alpha value is -2.91. The number of amides is 2. The predicted octanol–water partition coefficient (Wildman–Crippen LogP) is 1.76. The molecule has 144 valence electrons. The molecule has 2 rings (SSSR count). The Morgan fingerprint density at radius 2 is 1.26 bits per heavy atom. The minimum Gasteiger partial charge on any atom is -0.372 e. The highest BCUT2D eigenvalue weighted by molar-refractivity contribution is 7.89. The fourth-order valence-electron chi connectivity index (χ4n) is 2.45. The van der Waals surface area contributed by atoms with Crippen molar-refractivity contribution in [3.8, 4) is 0 Å². The molecule has 0 aromatic heterocycles. The number of sulfonamides is 1. The maximum atomic E-state index is 12.0. The summed E-state index contributed by atoms with van der Waals surface area (Å²) in [5, 5.41) is 9.91. The van der Waals surface area contributed by atoms with Gasteiger partial charge in [-0.3, -0.25) is 9.59 Å². The summed E-state index contributed by atoms with van der Waals surface area (Å²) in [5.41, 5.74) is 1.80. The van der Waals surface area contributed by atoms with E-state index in [0.29, 0.717) is 5.69 Å². The van der Waals surface area contributed by atoms with Gasteiger partial charge < -0.3 is 15.5 Å². The van der Waals surface area contributed by atoms with Crippen LogP contribution in [0.1, 0.15) is 13.8 Å². The zero-order chi connectivity index (χ0) is 20.0. The van der Waals surface area contributed by atoms with Gasteiger partial charge in [0, 0.05) is 30.2 Å². The number of carbonyl (C=O) groups is 2. The molecule has 0 aliphatic carbocycles. The Labute approximate surface area is 158 Å². The van der Waals surface area contributed by atoms with Crippen LogP contribution < -0.4 is 20.7 Å². The first-order valence-corrected chi connectivity index (χ1v) is 9.89. The van der Waals surface area contributed by atoms with Gasteiger partial charge in [-0.1, -0.05) is 0 Å². The van der Waals surface area contributed by atoms with Gasteiger partial charge in [-0.15, -0.1) is 0 Å². The van der Waals surface area contributed by atoms with Crippen LogP contribution >= 0.6 is 0 Å². The second-order valence-corrected chi connectivity index (χ2v) is 7.26.